The number of aliphatic hydroxyl groups is 1. The number of aryl methyl sites for hydroxylation is 2. The Kier molecular flexibility index (Phi) is 4.02. The van der Waals surface area contributed by atoms with Crippen LogP contribution in [0.5, 0.6) is 0 Å². The lowest BCUT2D eigenvalue weighted by Gasteiger charge is -2.28. The highest BCUT2D eigenvalue weighted by atomic mass is 32.2. The molecule has 3 rings (SSSR count). The molecule has 0 radical (unpaired) electrons. The van der Waals surface area contributed by atoms with Gasteiger partial charge in [-0.2, -0.15) is 0 Å². The van der Waals surface area contributed by atoms with Crippen molar-refractivity contribution in [1.29, 1.82) is 0 Å². The summed E-state index contributed by atoms with van der Waals surface area (Å²) >= 11 is 1.77. The Morgan fingerprint density at radius 1 is 1.30 bits per heavy atom. The zero-order valence-electron chi connectivity index (χ0n) is 12.2. The summed E-state index contributed by atoms with van der Waals surface area (Å²) in [5, 5.41) is 14.8. The van der Waals surface area contributed by atoms with Gasteiger partial charge in [-0.3, -0.25) is 0 Å². The van der Waals surface area contributed by atoms with Gasteiger partial charge in [-0.25, -0.2) is 9.97 Å². The van der Waals surface area contributed by atoms with Crippen molar-refractivity contribution in [3.05, 3.63) is 17.5 Å². The van der Waals surface area contributed by atoms with Crippen molar-refractivity contribution < 1.29 is 5.11 Å². The summed E-state index contributed by atoms with van der Waals surface area (Å²) < 4.78 is 0. The van der Waals surface area contributed by atoms with Gasteiger partial charge in [0, 0.05) is 28.2 Å². The number of aliphatic hydroxyl groups excluding tert-OH is 1. The van der Waals surface area contributed by atoms with Crippen molar-refractivity contribution in [3.63, 3.8) is 0 Å². The van der Waals surface area contributed by atoms with Crippen LogP contribution in [0.3, 0.4) is 0 Å². The van der Waals surface area contributed by atoms with Crippen LogP contribution in [0, 0.1) is 13.8 Å². The first-order chi connectivity index (χ1) is 9.58. The molecule has 2 N–H and O–H groups in total. The van der Waals surface area contributed by atoms with Crippen LogP contribution >= 0.6 is 11.8 Å². The lowest BCUT2D eigenvalue weighted by Crippen LogP contribution is -2.47. The average molecular weight is 293 g/mol. The molecule has 1 aromatic heterocycles. The number of nitrogens with one attached hydrogen (secondary N) is 1. The minimum absolute atomic E-state index is 0.0578. The summed E-state index contributed by atoms with van der Waals surface area (Å²) in [4.78, 5) is 9.03. The van der Waals surface area contributed by atoms with Crippen LogP contribution in [0.4, 0.5) is 0 Å². The van der Waals surface area contributed by atoms with Crippen molar-refractivity contribution in [3.8, 4) is 0 Å². The molecule has 2 unspecified atom stereocenters. The molecular weight excluding hydrogens is 270 g/mol. The molecule has 2 fully saturated rings. The highest BCUT2D eigenvalue weighted by Crippen LogP contribution is 2.40. The first-order valence-electron chi connectivity index (χ1n) is 7.46. The molecule has 0 saturated heterocycles. The monoisotopic (exact) mass is 293 g/mol. The molecule has 20 heavy (non-hydrogen) atoms. The van der Waals surface area contributed by atoms with Crippen LogP contribution < -0.4 is 5.32 Å². The van der Waals surface area contributed by atoms with Crippen molar-refractivity contribution in [1.82, 2.24) is 15.3 Å². The lowest BCUT2D eigenvalue weighted by molar-refractivity contribution is 0.163. The molecule has 0 spiro atoms. The molecule has 2 aliphatic rings. The Hall–Kier alpha value is -0.650. The van der Waals surface area contributed by atoms with E-state index in [2.05, 4.69) is 15.3 Å². The maximum absolute atomic E-state index is 9.76. The van der Waals surface area contributed by atoms with Crippen molar-refractivity contribution >= 4 is 11.8 Å². The molecule has 4 nitrogen and oxygen atoms in total. The van der Waals surface area contributed by atoms with Gasteiger partial charge in [0.25, 0.3) is 0 Å². The zero-order chi connectivity index (χ0) is 14.2. The standard InChI is InChI=1S/C15H23N3OS/c1-10-7-11(2)17-14(16-10)20-13-5-6-15(8-13,9-19)18-12-3-4-12/h7,12-13,18-19H,3-6,8-9H2,1-2H3. The van der Waals surface area contributed by atoms with Crippen molar-refractivity contribution in [2.45, 2.75) is 67.9 Å². The Morgan fingerprint density at radius 2 is 2.00 bits per heavy atom. The van der Waals surface area contributed by atoms with E-state index in [1.165, 1.54) is 12.8 Å². The number of aromatic nitrogens is 2. The summed E-state index contributed by atoms with van der Waals surface area (Å²) in [5.74, 6) is 0. The molecule has 0 amide bonds. The first kappa shape index (κ1) is 14.3. The van der Waals surface area contributed by atoms with Gasteiger partial charge in [0.05, 0.1) is 6.61 Å². The molecule has 2 saturated carbocycles. The fraction of sp³-hybridized carbons (Fsp3) is 0.733. The predicted molar refractivity (Wildman–Crippen MR) is 81.0 cm³/mol. The maximum Gasteiger partial charge on any atom is 0.188 e. The predicted octanol–water partition coefficient (Wildman–Crippen LogP) is 2.22. The van der Waals surface area contributed by atoms with Gasteiger partial charge in [0.15, 0.2) is 5.16 Å². The van der Waals surface area contributed by atoms with E-state index in [9.17, 15) is 5.11 Å². The van der Waals surface area contributed by atoms with Gasteiger partial charge in [0.1, 0.15) is 0 Å². The fourth-order valence-electron chi connectivity index (χ4n) is 3.05. The smallest absolute Gasteiger partial charge is 0.188 e. The van der Waals surface area contributed by atoms with Gasteiger partial charge in [-0.1, -0.05) is 11.8 Å². The Bertz CT molecular complexity index is 472. The van der Waals surface area contributed by atoms with Gasteiger partial charge >= 0.3 is 0 Å². The van der Waals surface area contributed by atoms with Crippen LogP contribution in [0.2, 0.25) is 0 Å². The topological polar surface area (TPSA) is 58.0 Å². The minimum atomic E-state index is -0.0578. The molecule has 5 heteroatoms. The highest BCUT2D eigenvalue weighted by molar-refractivity contribution is 7.99. The lowest BCUT2D eigenvalue weighted by atomic mass is 9.99. The third-order valence-corrected chi connectivity index (χ3v) is 5.32. The van der Waals surface area contributed by atoms with Crippen LogP contribution in [-0.4, -0.2) is 38.5 Å². The third-order valence-electron chi connectivity index (χ3n) is 4.19. The number of rotatable bonds is 5. The molecule has 0 bridgehead atoms. The van der Waals surface area contributed by atoms with Gasteiger partial charge in [0.2, 0.25) is 0 Å². The van der Waals surface area contributed by atoms with E-state index in [4.69, 9.17) is 0 Å². The van der Waals surface area contributed by atoms with E-state index in [1.807, 2.05) is 19.9 Å². The Balaban J connectivity index is 1.64. The average Bonchev–Trinajstić information content (AvgIpc) is 3.09. The van der Waals surface area contributed by atoms with Gasteiger partial charge < -0.3 is 10.4 Å². The Morgan fingerprint density at radius 3 is 2.60 bits per heavy atom. The van der Waals surface area contributed by atoms with E-state index in [-0.39, 0.29) is 12.1 Å². The highest BCUT2D eigenvalue weighted by Gasteiger charge is 2.42. The maximum atomic E-state index is 9.76. The van der Waals surface area contributed by atoms with Crippen LogP contribution in [0.1, 0.15) is 43.5 Å². The number of nitrogens with zero attached hydrogens (tertiary/aromatic N) is 2. The van der Waals surface area contributed by atoms with E-state index in [0.717, 1.165) is 35.8 Å². The quantitative estimate of drug-likeness (QED) is 0.815. The molecule has 2 aliphatic carbocycles. The summed E-state index contributed by atoms with van der Waals surface area (Å²) in [6.45, 7) is 4.27. The molecule has 2 atom stereocenters. The van der Waals surface area contributed by atoms with Crippen molar-refractivity contribution in [2.24, 2.45) is 0 Å². The number of hydrogen-bond donors (Lipinski definition) is 2. The van der Waals surface area contributed by atoms with Crippen LogP contribution in [0.25, 0.3) is 0 Å². The van der Waals surface area contributed by atoms with E-state index in [0.29, 0.717) is 11.3 Å². The molecule has 1 aromatic rings. The number of hydrogen-bond acceptors (Lipinski definition) is 5. The van der Waals surface area contributed by atoms with Crippen LogP contribution in [0.15, 0.2) is 11.2 Å². The summed E-state index contributed by atoms with van der Waals surface area (Å²) in [6, 6.07) is 2.65. The minimum Gasteiger partial charge on any atom is -0.394 e. The zero-order valence-corrected chi connectivity index (χ0v) is 13.0. The third kappa shape index (κ3) is 3.32. The summed E-state index contributed by atoms with van der Waals surface area (Å²) in [5.41, 5.74) is 2.00. The molecule has 110 valence electrons. The summed E-state index contributed by atoms with van der Waals surface area (Å²) in [6.07, 6.45) is 5.73. The molecular formula is C15H23N3OS. The van der Waals surface area contributed by atoms with E-state index in [1.54, 1.807) is 11.8 Å². The van der Waals surface area contributed by atoms with E-state index >= 15 is 0 Å². The second-order valence-electron chi connectivity index (χ2n) is 6.27. The second-order valence-corrected chi connectivity index (χ2v) is 7.54. The molecule has 0 aliphatic heterocycles. The SMILES string of the molecule is Cc1cc(C)nc(SC2CCC(CO)(NC3CC3)C2)n1. The molecule has 0 aromatic carbocycles. The van der Waals surface area contributed by atoms with Gasteiger partial charge in [-0.15, -0.1) is 0 Å². The van der Waals surface area contributed by atoms with E-state index < -0.39 is 0 Å². The summed E-state index contributed by atoms with van der Waals surface area (Å²) in [7, 11) is 0. The largest absolute Gasteiger partial charge is 0.394 e. The van der Waals surface area contributed by atoms with Crippen molar-refractivity contribution in [2.75, 3.05) is 6.61 Å². The second kappa shape index (κ2) is 5.62. The fourth-order valence-corrected chi connectivity index (χ4v) is 4.38. The van der Waals surface area contributed by atoms with Crippen LogP contribution in [-0.2, 0) is 0 Å². The first-order valence-corrected chi connectivity index (χ1v) is 8.34. The normalized spacial score (nSPS) is 29.9. The number of thioether (sulfide) groups is 1. The molecule has 1 heterocycles. The Labute approximate surface area is 124 Å². The van der Waals surface area contributed by atoms with Gasteiger partial charge in [-0.05, 0) is 52.0 Å².